The summed E-state index contributed by atoms with van der Waals surface area (Å²) in [4.78, 5) is 0. The second-order valence-corrected chi connectivity index (χ2v) is 1.97. The molecule has 0 fully saturated rings. The van der Waals surface area contributed by atoms with Crippen molar-refractivity contribution in [3.63, 3.8) is 0 Å². The minimum atomic E-state index is 0.0671. The summed E-state index contributed by atoms with van der Waals surface area (Å²) in [6, 6.07) is 0. The van der Waals surface area contributed by atoms with Crippen LogP contribution < -0.4 is 16.4 Å². The van der Waals surface area contributed by atoms with E-state index in [1.54, 1.807) is 0 Å². The first-order valence-electron chi connectivity index (χ1n) is 2.85. The monoisotopic (exact) mass is 117 g/mol. The normalized spacial score (nSPS) is 18.0. The Kier molecular flexibility index (Phi) is 3.77. The summed E-state index contributed by atoms with van der Waals surface area (Å²) < 4.78 is 0. The highest BCUT2D eigenvalue weighted by atomic mass is 15.2. The van der Waals surface area contributed by atoms with Crippen LogP contribution in [0.2, 0.25) is 0 Å². The van der Waals surface area contributed by atoms with E-state index in [-0.39, 0.29) is 6.17 Å². The lowest BCUT2D eigenvalue weighted by Crippen LogP contribution is -2.46. The zero-order chi connectivity index (χ0) is 6.57. The van der Waals surface area contributed by atoms with Crippen LogP contribution >= 0.6 is 0 Å². The average molecular weight is 117 g/mol. The van der Waals surface area contributed by atoms with Gasteiger partial charge in [-0.1, -0.05) is 0 Å². The van der Waals surface area contributed by atoms with Gasteiger partial charge in [0.25, 0.3) is 0 Å². The van der Waals surface area contributed by atoms with Crippen LogP contribution in [0, 0.1) is 0 Å². The molecule has 0 rings (SSSR count). The molecule has 3 heteroatoms. The van der Waals surface area contributed by atoms with Gasteiger partial charge in [0, 0.05) is 0 Å². The van der Waals surface area contributed by atoms with Gasteiger partial charge in [-0.25, -0.2) is 0 Å². The molecule has 0 bridgehead atoms. The SMILES string of the molecule is CNC(C)NC(C)N. The first kappa shape index (κ1) is 7.88. The van der Waals surface area contributed by atoms with Gasteiger partial charge in [-0.05, 0) is 20.9 Å². The van der Waals surface area contributed by atoms with Crippen LogP contribution in [0.5, 0.6) is 0 Å². The van der Waals surface area contributed by atoms with E-state index >= 15 is 0 Å². The maximum Gasteiger partial charge on any atom is 0.0552 e. The second-order valence-electron chi connectivity index (χ2n) is 1.97. The van der Waals surface area contributed by atoms with Crippen molar-refractivity contribution in [2.75, 3.05) is 7.05 Å². The van der Waals surface area contributed by atoms with Crippen LogP contribution in [0.3, 0.4) is 0 Å². The molecule has 0 saturated carbocycles. The van der Waals surface area contributed by atoms with Crippen molar-refractivity contribution in [1.82, 2.24) is 10.6 Å². The Morgan fingerprint density at radius 2 is 1.88 bits per heavy atom. The Morgan fingerprint density at radius 3 is 2.00 bits per heavy atom. The van der Waals surface area contributed by atoms with Crippen molar-refractivity contribution in [2.24, 2.45) is 5.73 Å². The molecule has 2 unspecified atom stereocenters. The highest BCUT2D eigenvalue weighted by Crippen LogP contribution is 1.72. The fourth-order valence-electron chi connectivity index (χ4n) is 0.478. The molecule has 2 atom stereocenters. The van der Waals surface area contributed by atoms with Crippen LogP contribution in [0.25, 0.3) is 0 Å². The quantitative estimate of drug-likeness (QED) is 0.435. The largest absolute Gasteiger partial charge is 0.316 e. The molecule has 0 heterocycles. The van der Waals surface area contributed by atoms with Gasteiger partial charge in [-0.3, -0.25) is 5.32 Å². The average Bonchev–Trinajstić information content (AvgIpc) is 1.65. The van der Waals surface area contributed by atoms with Crippen molar-refractivity contribution in [1.29, 1.82) is 0 Å². The van der Waals surface area contributed by atoms with Gasteiger partial charge in [0.1, 0.15) is 0 Å². The Balaban J connectivity index is 3.10. The Hall–Kier alpha value is -0.120. The molecule has 0 aromatic carbocycles. The lowest BCUT2D eigenvalue weighted by atomic mass is 10.5. The fraction of sp³-hybridized carbons (Fsp3) is 1.00. The van der Waals surface area contributed by atoms with E-state index in [0.29, 0.717) is 6.17 Å². The molecule has 0 saturated heterocycles. The third kappa shape index (κ3) is 4.05. The molecule has 0 aliphatic heterocycles. The highest BCUT2D eigenvalue weighted by molar-refractivity contribution is 4.56. The smallest absolute Gasteiger partial charge is 0.0552 e. The zero-order valence-corrected chi connectivity index (χ0v) is 5.73. The maximum absolute atomic E-state index is 5.42. The second kappa shape index (κ2) is 3.83. The van der Waals surface area contributed by atoms with Crippen LogP contribution in [-0.2, 0) is 0 Å². The van der Waals surface area contributed by atoms with E-state index in [0.717, 1.165) is 0 Å². The summed E-state index contributed by atoms with van der Waals surface area (Å²) in [5, 5.41) is 6.06. The van der Waals surface area contributed by atoms with E-state index in [1.807, 2.05) is 20.9 Å². The van der Waals surface area contributed by atoms with Crippen LogP contribution in [0.4, 0.5) is 0 Å². The van der Waals surface area contributed by atoms with Crippen molar-refractivity contribution >= 4 is 0 Å². The summed E-state index contributed by atoms with van der Waals surface area (Å²) in [6.07, 6.45) is 0.368. The lowest BCUT2D eigenvalue weighted by Gasteiger charge is -2.14. The molecule has 0 aromatic rings. The molecule has 0 spiro atoms. The number of rotatable bonds is 3. The van der Waals surface area contributed by atoms with Gasteiger partial charge < -0.3 is 11.1 Å². The predicted molar refractivity (Wildman–Crippen MR) is 35.3 cm³/mol. The molecule has 8 heavy (non-hydrogen) atoms. The van der Waals surface area contributed by atoms with Crippen molar-refractivity contribution in [3.05, 3.63) is 0 Å². The number of nitrogens with one attached hydrogen (secondary N) is 2. The van der Waals surface area contributed by atoms with Gasteiger partial charge in [0.2, 0.25) is 0 Å². The van der Waals surface area contributed by atoms with Crippen molar-refractivity contribution < 1.29 is 0 Å². The molecule has 0 radical (unpaired) electrons. The van der Waals surface area contributed by atoms with E-state index in [2.05, 4.69) is 10.6 Å². The molecular formula is C5H15N3. The van der Waals surface area contributed by atoms with Crippen LogP contribution in [-0.4, -0.2) is 19.4 Å². The first-order valence-corrected chi connectivity index (χ1v) is 2.85. The van der Waals surface area contributed by atoms with Crippen molar-refractivity contribution in [2.45, 2.75) is 26.2 Å². The topological polar surface area (TPSA) is 50.1 Å². The molecule has 0 aliphatic carbocycles. The molecule has 0 aromatic heterocycles. The third-order valence-corrected chi connectivity index (χ3v) is 0.946. The van der Waals surface area contributed by atoms with Crippen LogP contribution in [0.1, 0.15) is 13.8 Å². The summed E-state index contributed by atoms with van der Waals surface area (Å²) in [5.74, 6) is 0. The van der Waals surface area contributed by atoms with Crippen LogP contribution in [0.15, 0.2) is 0 Å². The number of nitrogens with two attached hydrogens (primary N) is 1. The van der Waals surface area contributed by atoms with Gasteiger partial charge >= 0.3 is 0 Å². The summed E-state index contributed by atoms with van der Waals surface area (Å²) >= 11 is 0. The van der Waals surface area contributed by atoms with Gasteiger partial charge in [0.05, 0.1) is 12.3 Å². The first-order chi connectivity index (χ1) is 3.66. The van der Waals surface area contributed by atoms with Gasteiger partial charge in [0.15, 0.2) is 0 Å². The minimum absolute atomic E-state index is 0.0671. The molecule has 3 nitrogen and oxygen atoms in total. The summed E-state index contributed by atoms with van der Waals surface area (Å²) in [7, 11) is 1.89. The highest BCUT2D eigenvalue weighted by Gasteiger charge is 1.96. The summed E-state index contributed by atoms with van der Waals surface area (Å²) in [6.45, 7) is 3.93. The standard InChI is InChI=1S/C5H15N3/c1-4(6)8-5(2)7-3/h4-5,7-8H,6H2,1-3H3. The zero-order valence-electron chi connectivity index (χ0n) is 5.73. The lowest BCUT2D eigenvalue weighted by molar-refractivity contribution is 0.434. The molecule has 50 valence electrons. The number of hydrogen-bond acceptors (Lipinski definition) is 3. The molecule has 0 aliphatic rings. The Labute approximate surface area is 50.6 Å². The predicted octanol–water partition coefficient (Wildman–Crippen LogP) is -0.554. The molecule has 4 N–H and O–H groups in total. The fourth-order valence-corrected chi connectivity index (χ4v) is 0.478. The number of hydrogen-bond donors (Lipinski definition) is 3. The van der Waals surface area contributed by atoms with Crippen molar-refractivity contribution in [3.8, 4) is 0 Å². The van der Waals surface area contributed by atoms with E-state index in [4.69, 9.17) is 5.73 Å². The van der Waals surface area contributed by atoms with E-state index in [9.17, 15) is 0 Å². The molecule has 0 amide bonds. The molecular weight excluding hydrogens is 102 g/mol. The van der Waals surface area contributed by atoms with E-state index in [1.165, 1.54) is 0 Å². The minimum Gasteiger partial charge on any atom is -0.316 e. The Morgan fingerprint density at radius 1 is 1.38 bits per heavy atom. The third-order valence-electron chi connectivity index (χ3n) is 0.946. The van der Waals surface area contributed by atoms with Gasteiger partial charge in [-0.15, -0.1) is 0 Å². The van der Waals surface area contributed by atoms with E-state index < -0.39 is 0 Å². The summed E-state index contributed by atoms with van der Waals surface area (Å²) in [5.41, 5.74) is 5.42. The Bertz CT molecular complexity index is 53.6. The maximum atomic E-state index is 5.42. The van der Waals surface area contributed by atoms with Gasteiger partial charge in [-0.2, -0.15) is 0 Å².